The number of hydrogen-bond acceptors (Lipinski definition) is 3. The van der Waals surface area contributed by atoms with Crippen LogP contribution in [-0.2, 0) is 9.93 Å². The first-order valence-electron chi connectivity index (χ1n) is 7.28. The standard InChI is InChI=1S/C14H30O3/c1-3-4-5-6-7-8-9-10-11-12-13-14(2)16-17-15/h14-15H,3-13H2,1-2H3. The van der Waals surface area contributed by atoms with Crippen molar-refractivity contribution in [2.24, 2.45) is 0 Å². The first kappa shape index (κ1) is 16.9. The second kappa shape index (κ2) is 13.9. The molecule has 1 unspecified atom stereocenters. The molecule has 0 rings (SSSR count). The lowest BCUT2D eigenvalue weighted by atomic mass is 10.1. The minimum absolute atomic E-state index is 0.00551. The van der Waals surface area contributed by atoms with Crippen molar-refractivity contribution in [1.29, 1.82) is 0 Å². The van der Waals surface area contributed by atoms with Gasteiger partial charge in [0.1, 0.15) is 0 Å². The van der Waals surface area contributed by atoms with E-state index in [0.29, 0.717) is 0 Å². The average molecular weight is 246 g/mol. The fourth-order valence-electron chi connectivity index (χ4n) is 2.04. The van der Waals surface area contributed by atoms with Crippen LogP contribution >= 0.6 is 0 Å². The summed E-state index contributed by atoms with van der Waals surface area (Å²) in [5.41, 5.74) is 0. The van der Waals surface area contributed by atoms with Crippen molar-refractivity contribution in [3.05, 3.63) is 0 Å². The van der Waals surface area contributed by atoms with Crippen LogP contribution in [0.3, 0.4) is 0 Å². The summed E-state index contributed by atoms with van der Waals surface area (Å²) in [6, 6.07) is 0. The van der Waals surface area contributed by atoms with Crippen molar-refractivity contribution in [3.8, 4) is 0 Å². The van der Waals surface area contributed by atoms with Crippen LogP contribution in [0.5, 0.6) is 0 Å². The molecule has 0 aliphatic rings. The Labute approximate surface area is 106 Å². The van der Waals surface area contributed by atoms with Crippen LogP contribution in [0, 0.1) is 0 Å². The van der Waals surface area contributed by atoms with E-state index in [2.05, 4.69) is 16.8 Å². The van der Waals surface area contributed by atoms with Gasteiger partial charge in [0.05, 0.1) is 6.10 Å². The number of unbranched alkanes of at least 4 members (excludes halogenated alkanes) is 9. The summed E-state index contributed by atoms with van der Waals surface area (Å²) < 4.78 is 0. The SMILES string of the molecule is CCCCCCCCCCCCC(C)OOO. The van der Waals surface area contributed by atoms with Crippen molar-refractivity contribution >= 4 is 0 Å². The maximum atomic E-state index is 8.08. The Hall–Kier alpha value is -0.120. The highest BCUT2D eigenvalue weighted by atomic mass is 17.5. The van der Waals surface area contributed by atoms with Crippen molar-refractivity contribution in [2.75, 3.05) is 0 Å². The van der Waals surface area contributed by atoms with Crippen LogP contribution in [0.1, 0.15) is 84.5 Å². The fourth-order valence-corrected chi connectivity index (χ4v) is 2.04. The zero-order valence-corrected chi connectivity index (χ0v) is 11.6. The Morgan fingerprint density at radius 3 is 1.76 bits per heavy atom. The second-order valence-electron chi connectivity index (χ2n) is 4.95. The van der Waals surface area contributed by atoms with Crippen LogP contribution < -0.4 is 0 Å². The van der Waals surface area contributed by atoms with E-state index in [4.69, 9.17) is 5.26 Å². The minimum Gasteiger partial charge on any atom is -0.221 e. The van der Waals surface area contributed by atoms with Crippen LogP contribution in [0.4, 0.5) is 0 Å². The van der Waals surface area contributed by atoms with E-state index in [1.54, 1.807) is 0 Å². The quantitative estimate of drug-likeness (QED) is 0.279. The minimum atomic E-state index is -0.00551. The van der Waals surface area contributed by atoms with E-state index in [1.165, 1.54) is 57.8 Å². The van der Waals surface area contributed by atoms with E-state index in [-0.39, 0.29) is 6.10 Å². The summed E-state index contributed by atoms with van der Waals surface area (Å²) in [4.78, 5) is 4.58. The molecule has 3 nitrogen and oxygen atoms in total. The van der Waals surface area contributed by atoms with Gasteiger partial charge in [-0.25, -0.2) is 10.1 Å². The molecule has 17 heavy (non-hydrogen) atoms. The Balaban J connectivity index is 2.98. The molecule has 0 fully saturated rings. The maximum absolute atomic E-state index is 8.08. The summed E-state index contributed by atoms with van der Waals surface area (Å²) in [6.45, 7) is 4.16. The molecule has 0 aliphatic heterocycles. The molecule has 1 N–H and O–H groups in total. The van der Waals surface area contributed by atoms with Crippen molar-refractivity contribution in [2.45, 2.75) is 90.6 Å². The third-order valence-corrected chi connectivity index (χ3v) is 3.17. The highest BCUT2D eigenvalue weighted by molar-refractivity contribution is 4.51. The number of hydrogen-bond donors (Lipinski definition) is 1. The van der Waals surface area contributed by atoms with E-state index in [9.17, 15) is 0 Å². The molecular weight excluding hydrogens is 216 g/mol. The molecule has 0 amide bonds. The predicted octanol–water partition coefficient (Wildman–Crippen LogP) is 5.11. The van der Waals surface area contributed by atoms with Gasteiger partial charge in [0.25, 0.3) is 0 Å². The van der Waals surface area contributed by atoms with E-state index in [1.807, 2.05) is 6.92 Å². The lowest BCUT2D eigenvalue weighted by molar-refractivity contribution is -0.504. The average Bonchev–Trinajstić information content (AvgIpc) is 2.32. The van der Waals surface area contributed by atoms with Gasteiger partial charge in [-0.05, 0) is 13.3 Å². The topological polar surface area (TPSA) is 38.7 Å². The zero-order chi connectivity index (χ0) is 12.8. The predicted molar refractivity (Wildman–Crippen MR) is 70.7 cm³/mol. The molecule has 0 aliphatic carbocycles. The first-order chi connectivity index (χ1) is 8.31. The van der Waals surface area contributed by atoms with Gasteiger partial charge in [-0.3, -0.25) is 0 Å². The Morgan fingerprint density at radius 2 is 1.29 bits per heavy atom. The molecule has 0 saturated carbocycles. The third-order valence-electron chi connectivity index (χ3n) is 3.17. The van der Waals surface area contributed by atoms with Crippen molar-refractivity contribution in [3.63, 3.8) is 0 Å². The van der Waals surface area contributed by atoms with Gasteiger partial charge in [0.15, 0.2) is 0 Å². The highest BCUT2D eigenvalue weighted by Gasteiger charge is 2.02. The van der Waals surface area contributed by atoms with Gasteiger partial charge >= 0.3 is 0 Å². The molecule has 0 aromatic heterocycles. The van der Waals surface area contributed by atoms with Gasteiger partial charge in [0.2, 0.25) is 0 Å². The molecule has 0 heterocycles. The van der Waals surface area contributed by atoms with Gasteiger partial charge in [-0.2, -0.15) is 0 Å². The fraction of sp³-hybridized carbons (Fsp3) is 1.00. The van der Waals surface area contributed by atoms with E-state index in [0.717, 1.165) is 12.8 Å². The summed E-state index contributed by atoms with van der Waals surface area (Å²) in [5.74, 6) is 0. The van der Waals surface area contributed by atoms with Gasteiger partial charge in [-0.1, -0.05) is 76.2 Å². The Morgan fingerprint density at radius 1 is 0.824 bits per heavy atom. The molecule has 104 valence electrons. The largest absolute Gasteiger partial charge is 0.221 e. The van der Waals surface area contributed by atoms with Crippen molar-refractivity contribution in [1.82, 2.24) is 0 Å². The summed E-state index contributed by atoms with van der Waals surface area (Å²) in [7, 11) is 0. The lowest BCUT2D eigenvalue weighted by Gasteiger charge is -2.07. The molecule has 0 aromatic carbocycles. The second-order valence-corrected chi connectivity index (χ2v) is 4.95. The normalized spacial score (nSPS) is 12.9. The molecule has 3 heteroatoms. The number of rotatable bonds is 13. The Kier molecular flexibility index (Phi) is 13.8. The summed E-state index contributed by atoms with van der Waals surface area (Å²) in [6.07, 6.45) is 14.4. The third kappa shape index (κ3) is 13.8. The smallest absolute Gasteiger partial charge is 0.0933 e. The molecule has 0 saturated heterocycles. The monoisotopic (exact) mass is 246 g/mol. The molecular formula is C14H30O3. The molecule has 0 bridgehead atoms. The molecule has 1 atom stereocenters. The Bertz CT molecular complexity index is 139. The first-order valence-corrected chi connectivity index (χ1v) is 7.28. The highest BCUT2D eigenvalue weighted by Crippen LogP contribution is 2.12. The molecule has 0 aromatic rings. The van der Waals surface area contributed by atoms with Gasteiger partial charge < -0.3 is 0 Å². The van der Waals surface area contributed by atoms with Gasteiger partial charge in [-0.15, -0.1) is 0 Å². The van der Waals surface area contributed by atoms with E-state index < -0.39 is 0 Å². The van der Waals surface area contributed by atoms with Crippen LogP contribution in [0.15, 0.2) is 0 Å². The van der Waals surface area contributed by atoms with Crippen LogP contribution in [-0.4, -0.2) is 11.4 Å². The van der Waals surface area contributed by atoms with Crippen LogP contribution in [0.2, 0.25) is 0 Å². The van der Waals surface area contributed by atoms with Crippen LogP contribution in [0.25, 0.3) is 0 Å². The maximum Gasteiger partial charge on any atom is 0.0933 e. The summed E-state index contributed by atoms with van der Waals surface area (Å²) in [5, 5.41) is 11.7. The van der Waals surface area contributed by atoms with Crippen molar-refractivity contribution < 1.29 is 15.2 Å². The molecule has 0 spiro atoms. The zero-order valence-electron chi connectivity index (χ0n) is 11.6. The molecule has 0 radical (unpaired) electrons. The summed E-state index contributed by atoms with van der Waals surface area (Å²) >= 11 is 0. The lowest BCUT2D eigenvalue weighted by Crippen LogP contribution is -2.06. The van der Waals surface area contributed by atoms with Gasteiger partial charge in [0, 0.05) is 0 Å². The van der Waals surface area contributed by atoms with E-state index >= 15 is 0 Å².